The van der Waals surface area contributed by atoms with Gasteiger partial charge >= 0.3 is 0 Å². The van der Waals surface area contributed by atoms with Gasteiger partial charge in [0.1, 0.15) is 0 Å². The molecular formula is C15H21NO2. The summed E-state index contributed by atoms with van der Waals surface area (Å²) in [6.07, 6.45) is 0. The quantitative estimate of drug-likeness (QED) is 0.826. The first-order valence-corrected chi connectivity index (χ1v) is 6.31. The fourth-order valence-corrected chi connectivity index (χ4v) is 2.22. The molecule has 3 heteroatoms. The number of aliphatic hydroxyl groups is 1. The van der Waals surface area contributed by atoms with Gasteiger partial charge in [-0.1, -0.05) is 32.9 Å². The minimum atomic E-state index is -0.707. The molecule has 0 unspecified atom stereocenters. The molecule has 0 aliphatic carbocycles. The minimum absolute atomic E-state index is 0.00184. The van der Waals surface area contributed by atoms with E-state index in [1.807, 2.05) is 24.3 Å². The van der Waals surface area contributed by atoms with Crippen molar-refractivity contribution in [3.8, 4) is 0 Å². The third-order valence-corrected chi connectivity index (χ3v) is 3.35. The third kappa shape index (κ3) is 2.56. The summed E-state index contributed by atoms with van der Waals surface area (Å²) >= 11 is 0. The highest BCUT2D eigenvalue weighted by Crippen LogP contribution is 2.25. The van der Waals surface area contributed by atoms with Crippen molar-refractivity contribution in [1.29, 1.82) is 0 Å². The van der Waals surface area contributed by atoms with Crippen LogP contribution in [-0.2, 0) is 5.41 Å². The van der Waals surface area contributed by atoms with Gasteiger partial charge in [0.05, 0.1) is 18.7 Å². The number of carbonyl (C=O) groups excluding carboxylic acids is 1. The number of hydrogen-bond acceptors (Lipinski definition) is 2. The van der Waals surface area contributed by atoms with Crippen molar-refractivity contribution >= 4 is 5.91 Å². The van der Waals surface area contributed by atoms with Gasteiger partial charge in [0.2, 0.25) is 0 Å². The van der Waals surface area contributed by atoms with Gasteiger partial charge in [-0.3, -0.25) is 4.79 Å². The molecule has 0 bridgehead atoms. The van der Waals surface area contributed by atoms with Crippen molar-refractivity contribution in [2.75, 3.05) is 13.1 Å². The first-order valence-electron chi connectivity index (χ1n) is 6.31. The predicted octanol–water partition coefficient (Wildman–Crippen LogP) is 2.19. The summed E-state index contributed by atoms with van der Waals surface area (Å²) in [6, 6.07) is 7.75. The Kier molecular flexibility index (Phi) is 2.98. The van der Waals surface area contributed by atoms with Crippen LogP contribution in [0.15, 0.2) is 24.3 Å². The Morgan fingerprint density at radius 1 is 1.22 bits per heavy atom. The van der Waals surface area contributed by atoms with Crippen molar-refractivity contribution in [2.24, 2.45) is 0 Å². The second-order valence-corrected chi connectivity index (χ2v) is 6.49. The van der Waals surface area contributed by atoms with E-state index in [4.69, 9.17) is 0 Å². The van der Waals surface area contributed by atoms with E-state index in [1.54, 1.807) is 11.8 Å². The molecule has 1 saturated heterocycles. The topological polar surface area (TPSA) is 40.5 Å². The molecule has 1 heterocycles. The third-order valence-electron chi connectivity index (χ3n) is 3.35. The molecule has 1 amide bonds. The molecule has 1 aromatic carbocycles. The molecule has 18 heavy (non-hydrogen) atoms. The van der Waals surface area contributed by atoms with Crippen molar-refractivity contribution in [2.45, 2.75) is 38.7 Å². The van der Waals surface area contributed by atoms with Gasteiger partial charge in [-0.25, -0.2) is 0 Å². The number of carbonyl (C=O) groups is 1. The van der Waals surface area contributed by atoms with E-state index in [1.165, 1.54) is 5.56 Å². The van der Waals surface area contributed by atoms with Crippen LogP contribution in [-0.4, -0.2) is 34.6 Å². The number of β-amino-alcohol motifs (C(OH)–C–C–N with tert-alkyl or cyclic N) is 1. The molecule has 0 radical (unpaired) electrons. The van der Waals surface area contributed by atoms with Crippen LogP contribution in [0.25, 0.3) is 0 Å². The Morgan fingerprint density at radius 2 is 1.72 bits per heavy atom. The molecule has 2 rings (SSSR count). The van der Waals surface area contributed by atoms with Crippen LogP contribution in [0.4, 0.5) is 0 Å². The Morgan fingerprint density at radius 3 is 2.11 bits per heavy atom. The number of hydrogen-bond donors (Lipinski definition) is 1. The summed E-state index contributed by atoms with van der Waals surface area (Å²) in [4.78, 5) is 13.8. The molecule has 0 aromatic heterocycles. The lowest BCUT2D eigenvalue weighted by molar-refractivity contribution is -0.0668. The maximum Gasteiger partial charge on any atom is 0.254 e. The Hall–Kier alpha value is -1.35. The van der Waals surface area contributed by atoms with Gasteiger partial charge in [0.25, 0.3) is 5.91 Å². The van der Waals surface area contributed by atoms with Crippen LogP contribution in [0.1, 0.15) is 43.6 Å². The Labute approximate surface area is 108 Å². The molecule has 0 atom stereocenters. The highest BCUT2D eigenvalue weighted by molar-refractivity contribution is 5.95. The van der Waals surface area contributed by atoms with Crippen LogP contribution in [0.3, 0.4) is 0 Å². The molecule has 1 aliphatic heterocycles. The van der Waals surface area contributed by atoms with E-state index in [9.17, 15) is 9.90 Å². The molecular weight excluding hydrogens is 226 g/mol. The van der Waals surface area contributed by atoms with Crippen LogP contribution >= 0.6 is 0 Å². The standard InChI is InChI=1S/C15H21NO2/c1-14(2,3)12-7-5-11(6-8-12)13(17)16-9-15(4,18)10-16/h5-8,18H,9-10H2,1-4H3. The molecule has 1 aliphatic rings. The first kappa shape index (κ1) is 13.1. The average molecular weight is 247 g/mol. The van der Waals surface area contributed by atoms with Gasteiger partial charge < -0.3 is 10.0 Å². The zero-order valence-electron chi connectivity index (χ0n) is 11.5. The fourth-order valence-electron chi connectivity index (χ4n) is 2.22. The van der Waals surface area contributed by atoms with Crippen LogP contribution < -0.4 is 0 Å². The summed E-state index contributed by atoms with van der Waals surface area (Å²) in [7, 11) is 0. The first-order chi connectivity index (χ1) is 8.19. The minimum Gasteiger partial charge on any atom is -0.386 e. The lowest BCUT2D eigenvalue weighted by atomic mass is 9.86. The SMILES string of the molecule is CC1(O)CN(C(=O)c2ccc(C(C)(C)C)cc2)C1. The Balaban J connectivity index is 2.09. The maximum absolute atomic E-state index is 12.1. The molecule has 98 valence electrons. The van der Waals surface area contributed by atoms with Crippen LogP contribution in [0.2, 0.25) is 0 Å². The van der Waals surface area contributed by atoms with Crippen molar-refractivity contribution < 1.29 is 9.90 Å². The van der Waals surface area contributed by atoms with E-state index in [0.29, 0.717) is 18.7 Å². The molecule has 1 aromatic rings. The second-order valence-electron chi connectivity index (χ2n) is 6.49. The zero-order chi connectivity index (χ0) is 13.6. The van der Waals surface area contributed by atoms with Crippen molar-refractivity contribution in [3.05, 3.63) is 35.4 Å². The summed E-state index contributed by atoms with van der Waals surface area (Å²) in [6.45, 7) is 9.04. The largest absolute Gasteiger partial charge is 0.386 e. The number of benzene rings is 1. The predicted molar refractivity (Wildman–Crippen MR) is 71.7 cm³/mol. The van der Waals surface area contributed by atoms with Gasteiger partial charge in [0, 0.05) is 5.56 Å². The summed E-state index contributed by atoms with van der Waals surface area (Å²) in [5.41, 5.74) is 1.30. The fraction of sp³-hybridized carbons (Fsp3) is 0.533. The van der Waals surface area contributed by atoms with Crippen LogP contribution in [0.5, 0.6) is 0 Å². The number of amides is 1. The molecule has 0 spiro atoms. The van der Waals surface area contributed by atoms with Crippen molar-refractivity contribution in [3.63, 3.8) is 0 Å². The molecule has 1 fully saturated rings. The number of likely N-dealkylation sites (tertiary alicyclic amines) is 1. The number of nitrogens with zero attached hydrogens (tertiary/aromatic N) is 1. The molecule has 0 saturated carbocycles. The van der Waals surface area contributed by atoms with Gasteiger partial charge in [-0.15, -0.1) is 0 Å². The molecule has 3 nitrogen and oxygen atoms in total. The van der Waals surface area contributed by atoms with E-state index in [2.05, 4.69) is 20.8 Å². The van der Waals surface area contributed by atoms with Crippen molar-refractivity contribution in [1.82, 2.24) is 4.90 Å². The average Bonchev–Trinajstić information content (AvgIpc) is 2.24. The maximum atomic E-state index is 12.1. The van der Waals surface area contributed by atoms with Crippen LogP contribution in [0, 0.1) is 0 Å². The second kappa shape index (κ2) is 4.09. The van der Waals surface area contributed by atoms with E-state index in [-0.39, 0.29) is 11.3 Å². The smallest absolute Gasteiger partial charge is 0.254 e. The number of rotatable bonds is 1. The summed E-state index contributed by atoms with van der Waals surface area (Å²) in [5, 5.41) is 9.64. The van der Waals surface area contributed by atoms with E-state index >= 15 is 0 Å². The van der Waals surface area contributed by atoms with Gasteiger partial charge in [-0.05, 0) is 30.0 Å². The lowest BCUT2D eigenvalue weighted by Gasteiger charge is -2.44. The molecule has 1 N–H and O–H groups in total. The monoisotopic (exact) mass is 247 g/mol. The zero-order valence-corrected chi connectivity index (χ0v) is 11.5. The van der Waals surface area contributed by atoms with Gasteiger partial charge in [-0.2, -0.15) is 0 Å². The summed E-state index contributed by atoms with van der Waals surface area (Å²) in [5.74, 6) is 0.00184. The summed E-state index contributed by atoms with van der Waals surface area (Å²) < 4.78 is 0. The van der Waals surface area contributed by atoms with E-state index in [0.717, 1.165) is 0 Å². The highest BCUT2D eigenvalue weighted by Gasteiger charge is 2.39. The normalized spacial score (nSPS) is 18.4. The van der Waals surface area contributed by atoms with Gasteiger partial charge in [0.15, 0.2) is 0 Å². The lowest BCUT2D eigenvalue weighted by Crippen LogP contribution is -2.61. The Bertz CT molecular complexity index is 446. The van der Waals surface area contributed by atoms with E-state index < -0.39 is 5.60 Å². The highest BCUT2D eigenvalue weighted by atomic mass is 16.3.